The first kappa shape index (κ1) is 49.9. The number of carboxylic acids is 1. The maximum Gasteiger partial charge on any atom is 0.309 e. The van der Waals surface area contributed by atoms with E-state index in [0.717, 1.165) is 45.1 Å². The van der Waals surface area contributed by atoms with Crippen molar-refractivity contribution in [1.82, 2.24) is 25.2 Å². The third-order valence-electron chi connectivity index (χ3n) is 11.2. The Labute approximate surface area is 357 Å². The molecule has 332 valence electrons. The average molecular weight is 865 g/mol. The summed E-state index contributed by atoms with van der Waals surface area (Å²) in [4.78, 5) is 59.6. The number of nitrogens with one attached hydrogen (secondary N) is 4. The minimum atomic E-state index is -1.92. The van der Waals surface area contributed by atoms with Crippen LogP contribution in [0.2, 0.25) is 0 Å². The van der Waals surface area contributed by atoms with Gasteiger partial charge in [-0.15, -0.1) is 11.3 Å². The Morgan fingerprint density at radius 2 is 1.86 bits per heavy atom. The third-order valence-corrected chi connectivity index (χ3v) is 13.5. The summed E-state index contributed by atoms with van der Waals surface area (Å²) >= 11 is 1.18. The van der Waals surface area contributed by atoms with Gasteiger partial charge in [-0.2, -0.15) is 0 Å². The van der Waals surface area contributed by atoms with Crippen LogP contribution in [0, 0.1) is 23.1 Å². The molecule has 59 heavy (non-hydrogen) atoms. The van der Waals surface area contributed by atoms with Crippen molar-refractivity contribution in [3.05, 3.63) is 40.0 Å². The van der Waals surface area contributed by atoms with Crippen molar-refractivity contribution >= 4 is 51.8 Å². The molecule has 3 rings (SSSR count). The molecule has 0 spiro atoms. The number of unbranched alkanes of at least 4 members (excludes halogenated alkanes) is 3. The number of rotatable bonds is 25. The number of carbonyl (C=O) groups excluding carboxylic acids is 3. The molecule has 16 heteroatoms. The first-order valence-corrected chi connectivity index (χ1v) is 23.3. The van der Waals surface area contributed by atoms with Crippen LogP contribution in [0.1, 0.15) is 136 Å². The number of nitrogens with zero attached hydrogens (tertiary/aromatic N) is 2. The van der Waals surface area contributed by atoms with Crippen molar-refractivity contribution in [3.8, 4) is 0 Å². The summed E-state index contributed by atoms with van der Waals surface area (Å²) in [5.41, 5.74) is -0.266. The van der Waals surface area contributed by atoms with Crippen LogP contribution in [0.4, 0.5) is 10.1 Å². The minimum Gasteiger partial charge on any atom is -0.481 e. The van der Waals surface area contributed by atoms with Crippen molar-refractivity contribution in [2.75, 3.05) is 25.5 Å². The van der Waals surface area contributed by atoms with E-state index in [9.17, 15) is 32.9 Å². The standard InChI is InChI=1S/C43H69FN6O7S2/c1-10-12-13-16-21-50(41(53)38(28(5)11-2)48-39(52)34-17-14-15-20-46-34)35(27(3)4)24-36(57-29(6)51)40-47-37(26-58-40)59(56)49-31(25-43(7,8)42(54)55)22-30-18-19-33(45-9)32(44)23-30/h18-19,23,26-28,31,34-36,38,45-46,49H,10-17,20-22,24-25H2,1-9H3,(H,48,52)(H,54,55)/t28-,31-,34+,35+,36+,38-,59?/m0/s1. The summed E-state index contributed by atoms with van der Waals surface area (Å²) in [5.74, 6) is -2.56. The van der Waals surface area contributed by atoms with Gasteiger partial charge >= 0.3 is 11.9 Å². The smallest absolute Gasteiger partial charge is 0.309 e. The van der Waals surface area contributed by atoms with E-state index in [1.165, 1.54) is 24.3 Å². The maximum absolute atomic E-state index is 14.8. The summed E-state index contributed by atoms with van der Waals surface area (Å²) in [6, 6.07) is 2.58. The number of aliphatic carboxylic acids is 1. The summed E-state index contributed by atoms with van der Waals surface area (Å²) in [7, 11) is -0.305. The fourth-order valence-corrected chi connectivity index (χ4v) is 9.51. The molecule has 0 saturated carbocycles. The Morgan fingerprint density at radius 1 is 1.14 bits per heavy atom. The maximum atomic E-state index is 14.8. The molecule has 1 aliphatic heterocycles. The molecule has 0 radical (unpaired) electrons. The van der Waals surface area contributed by atoms with Gasteiger partial charge in [0, 0.05) is 44.4 Å². The Bertz CT molecular complexity index is 1700. The molecule has 1 unspecified atom stereocenters. The number of carbonyl (C=O) groups is 4. The van der Waals surface area contributed by atoms with E-state index in [-0.39, 0.29) is 54.0 Å². The van der Waals surface area contributed by atoms with E-state index in [1.54, 1.807) is 38.4 Å². The van der Waals surface area contributed by atoms with Crippen LogP contribution >= 0.6 is 11.3 Å². The Kier molecular flexibility index (Phi) is 20.4. The Hall–Kier alpha value is -3.47. The zero-order valence-electron chi connectivity index (χ0n) is 36.5. The third kappa shape index (κ3) is 15.2. The van der Waals surface area contributed by atoms with E-state index in [0.29, 0.717) is 35.6 Å². The number of piperidine rings is 1. The number of thiazole rings is 1. The van der Waals surface area contributed by atoms with Gasteiger partial charge in [0.05, 0.1) is 17.1 Å². The molecule has 13 nitrogen and oxygen atoms in total. The molecule has 0 aliphatic carbocycles. The first-order valence-electron chi connectivity index (χ1n) is 21.3. The number of amides is 2. The molecule has 1 saturated heterocycles. The Morgan fingerprint density at radius 3 is 2.44 bits per heavy atom. The molecular weight excluding hydrogens is 796 g/mol. The van der Waals surface area contributed by atoms with Gasteiger partial charge in [-0.1, -0.05) is 72.8 Å². The lowest BCUT2D eigenvalue weighted by Crippen LogP contribution is -2.58. The monoisotopic (exact) mass is 864 g/mol. The summed E-state index contributed by atoms with van der Waals surface area (Å²) in [6.07, 6.45) is 6.73. The number of esters is 1. The van der Waals surface area contributed by atoms with Crippen molar-refractivity contribution in [2.24, 2.45) is 17.3 Å². The van der Waals surface area contributed by atoms with Crippen LogP contribution in [0.5, 0.6) is 0 Å². The number of aromatic nitrogens is 1. The van der Waals surface area contributed by atoms with Crippen LogP contribution in [-0.4, -0.2) is 87.3 Å². The molecule has 2 amide bonds. The number of benzene rings is 1. The highest BCUT2D eigenvalue weighted by Gasteiger charge is 2.38. The van der Waals surface area contributed by atoms with E-state index in [4.69, 9.17) is 4.74 Å². The van der Waals surface area contributed by atoms with E-state index < -0.39 is 58.4 Å². The molecule has 2 aromatic rings. The highest BCUT2D eigenvalue weighted by molar-refractivity contribution is 7.83. The van der Waals surface area contributed by atoms with Crippen LogP contribution in [-0.2, 0) is 41.3 Å². The molecule has 2 heterocycles. The van der Waals surface area contributed by atoms with Crippen LogP contribution in [0.3, 0.4) is 0 Å². The van der Waals surface area contributed by atoms with E-state index in [1.807, 2.05) is 32.6 Å². The van der Waals surface area contributed by atoms with Crippen molar-refractivity contribution in [2.45, 2.75) is 161 Å². The van der Waals surface area contributed by atoms with Gasteiger partial charge in [-0.05, 0) is 82.0 Å². The number of hydrogen-bond donors (Lipinski definition) is 5. The fraction of sp³-hybridized carbons (Fsp3) is 0.698. The lowest BCUT2D eigenvalue weighted by atomic mass is 9.84. The molecule has 5 N–H and O–H groups in total. The largest absolute Gasteiger partial charge is 0.481 e. The Balaban J connectivity index is 1.94. The second kappa shape index (κ2) is 24.1. The second-order valence-electron chi connectivity index (χ2n) is 16.9. The summed E-state index contributed by atoms with van der Waals surface area (Å²) in [6.45, 7) is 15.9. The lowest BCUT2D eigenvalue weighted by molar-refractivity contribution is -0.150. The van der Waals surface area contributed by atoms with Gasteiger partial charge in [-0.3, -0.25) is 19.2 Å². The van der Waals surface area contributed by atoms with Crippen molar-refractivity contribution < 1.29 is 37.6 Å². The molecule has 0 bridgehead atoms. The van der Waals surface area contributed by atoms with E-state index in [2.05, 4.69) is 32.6 Å². The number of carboxylic acid groups (broad SMARTS) is 1. The van der Waals surface area contributed by atoms with Crippen molar-refractivity contribution in [3.63, 3.8) is 0 Å². The van der Waals surface area contributed by atoms with Gasteiger partial charge in [0.15, 0.2) is 11.1 Å². The molecule has 1 aromatic heterocycles. The average Bonchev–Trinajstić information content (AvgIpc) is 3.69. The molecule has 7 atom stereocenters. The molecule has 1 aromatic carbocycles. The van der Waals surface area contributed by atoms with Gasteiger partial charge < -0.3 is 30.7 Å². The van der Waals surface area contributed by atoms with Crippen molar-refractivity contribution in [1.29, 1.82) is 0 Å². The quantitative estimate of drug-likeness (QED) is 0.0509. The molecular formula is C43H69FN6O7S2. The molecule has 1 aliphatic rings. The predicted molar refractivity (Wildman–Crippen MR) is 232 cm³/mol. The van der Waals surface area contributed by atoms with Crippen LogP contribution in [0.15, 0.2) is 28.6 Å². The first-order chi connectivity index (χ1) is 27.9. The number of ether oxygens (including phenoxy) is 1. The highest BCUT2D eigenvalue weighted by atomic mass is 32.2. The topological polar surface area (TPSA) is 179 Å². The fourth-order valence-electron chi connectivity index (χ4n) is 7.47. The zero-order chi connectivity index (χ0) is 43.9. The van der Waals surface area contributed by atoms with Crippen LogP contribution < -0.4 is 20.7 Å². The van der Waals surface area contributed by atoms with Gasteiger partial charge in [0.1, 0.15) is 27.9 Å². The molecule has 1 fully saturated rings. The summed E-state index contributed by atoms with van der Waals surface area (Å²) < 4.78 is 37.5. The normalized spacial score (nSPS) is 17.6. The lowest BCUT2D eigenvalue weighted by Gasteiger charge is -2.40. The highest BCUT2D eigenvalue weighted by Crippen LogP contribution is 2.33. The summed E-state index contributed by atoms with van der Waals surface area (Å²) in [5, 5.41) is 21.3. The van der Waals surface area contributed by atoms with Gasteiger partial charge in [-0.25, -0.2) is 18.3 Å². The van der Waals surface area contributed by atoms with Crippen LogP contribution in [0.25, 0.3) is 0 Å². The zero-order valence-corrected chi connectivity index (χ0v) is 38.2. The SMILES string of the molecule is CCCCCCN(C(=O)[C@@H](NC(=O)[C@H]1CCCCN1)[C@@H](C)CC)[C@H](C[C@@H](OC(C)=O)c1nc(S(=O)N[C@@H](Cc2ccc(NC)c(F)c2)CC(C)(C)C(=O)O)cs1)C(C)C. The number of anilines is 1. The predicted octanol–water partition coefficient (Wildman–Crippen LogP) is 7.15. The van der Waals surface area contributed by atoms with E-state index >= 15 is 0 Å². The van der Waals surface area contributed by atoms with Gasteiger partial charge in [0.2, 0.25) is 11.8 Å². The second-order valence-corrected chi connectivity index (χ2v) is 19.0. The van der Waals surface area contributed by atoms with Gasteiger partial charge in [0.25, 0.3) is 0 Å². The number of hydrogen-bond acceptors (Lipinski definition) is 10. The number of halogens is 1. The minimum absolute atomic E-state index is 0.0722.